The molecule has 2 aromatic rings. The van der Waals surface area contributed by atoms with Crippen LogP contribution in [-0.2, 0) is 16.1 Å². The Morgan fingerprint density at radius 2 is 1.83 bits per heavy atom. The van der Waals surface area contributed by atoms with Gasteiger partial charge >= 0.3 is 0 Å². The first-order chi connectivity index (χ1) is 13.5. The second-order valence-corrected chi connectivity index (χ2v) is 9.16. The fourth-order valence-corrected chi connectivity index (χ4v) is 3.12. The van der Waals surface area contributed by atoms with E-state index in [1.54, 1.807) is 31.2 Å². The van der Waals surface area contributed by atoms with E-state index >= 15 is 0 Å². The van der Waals surface area contributed by atoms with Crippen molar-refractivity contribution < 1.29 is 14.3 Å². The highest BCUT2D eigenvalue weighted by Crippen LogP contribution is 2.18. The van der Waals surface area contributed by atoms with Crippen LogP contribution < -0.4 is 10.1 Å². The molecular weight excluding hydrogens is 456 g/mol. The maximum Gasteiger partial charge on any atom is 0.261 e. The number of carbonyl (C=O) groups excluding carboxylic acids is 2. The van der Waals surface area contributed by atoms with Crippen molar-refractivity contribution in [2.45, 2.75) is 45.8 Å². The zero-order valence-electron chi connectivity index (χ0n) is 17.0. The molecule has 0 radical (unpaired) electrons. The van der Waals surface area contributed by atoms with Gasteiger partial charge in [0.2, 0.25) is 5.91 Å². The Balaban J connectivity index is 2.16. The summed E-state index contributed by atoms with van der Waals surface area (Å²) >= 11 is 9.44. The summed E-state index contributed by atoms with van der Waals surface area (Å²) in [6.45, 7) is 7.49. The van der Waals surface area contributed by atoms with Crippen molar-refractivity contribution in [3.05, 3.63) is 63.6 Å². The summed E-state index contributed by atoms with van der Waals surface area (Å²) in [6, 6.07) is 13.8. The largest absolute Gasteiger partial charge is 0.484 e. The molecule has 5 nitrogen and oxygen atoms in total. The van der Waals surface area contributed by atoms with Crippen molar-refractivity contribution >= 4 is 39.3 Å². The number of nitrogens with zero attached hydrogens (tertiary/aromatic N) is 1. The first-order valence-corrected chi connectivity index (χ1v) is 10.5. The summed E-state index contributed by atoms with van der Waals surface area (Å²) in [4.78, 5) is 27.2. The number of hydrogen-bond donors (Lipinski definition) is 1. The molecule has 1 atom stereocenters. The summed E-state index contributed by atoms with van der Waals surface area (Å²) < 4.78 is 6.55. The quantitative estimate of drug-likeness (QED) is 0.617. The minimum absolute atomic E-state index is 0.171. The molecule has 2 amide bonds. The Kier molecular flexibility index (Phi) is 8.11. The third-order valence-electron chi connectivity index (χ3n) is 4.08. The van der Waals surface area contributed by atoms with Gasteiger partial charge in [-0.1, -0.05) is 39.7 Å². The Bertz CT molecular complexity index is 850. The van der Waals surface area contributed by atoms with Crippen LogP contribution in [0.1, 0.15) is 33.3 Å². The monoisotopic (exact) mass is 480 g/mol. The first-order valence-electron chi connectivity index (χ1n) is 9.29. The average Bonchev–Trinajstić information content (AvgIpc) is 2.63. The van der Waals surface area contributed by atoms with E-state index in [0.717, 1.165) is 10.0 Å². The summed E-state index contributed by atoms with van der Waals surface area (Å²) in [6.07, 6.45) is 0. The lowest BCUT2D eigenvalue weighted by atomic mass is 10.1. The lowest BCUT2D eigenvalue weighted by Gasteiger charge is -2.31. The lowest BCUT2D eigenvalue weighted by Crippen LogP contribution is -2.53. The fraction of sp³-hybridized carbons (Fsp3) is 0.364. The van der Waals surface area contributed by atoms with Crippen LogP contribution in [0.15, 0.2) is 53.0 Å². The van der Waals surface area contributed by atoms with Crippen LogP contribution >= 0.6 is 27.5 Å². The van der Waals surface area contributed by atoms with Gasteiger partial charge in [0, 0.05) is 21.6 Å². The number of halogens is 2. The number of hydrogen-bond acceptors (Lipinski definition) is 3. The standard InChI is InChI=1S/C22H26BrClN2O3/c1-15(21(28)25-22(2,3)4)26(13-16-6-5-7-18(24)12-16)20(27)14-29-19-10-8-17(23)9-11-19/h5-12,15H,13-14H2,1-4H3,(H,25,28). The van der Waals surface area contributed by atoms with E-state index in [1.807, 2.05) is 45.0 Å². The van der Waals surface area contributed by atoms with Crippen LogP contribution in [0.3, 0.4) is 0 Å². The fourth-order valence-electron chi connectivity index (χ4n) is 2.65. The number of rotatable bonds is 7. The number of ether oxygens (including phenoxy) is 1. The molecule has 1 unspecified atom stereocenters. The molecular formula is C22H26BrClN2O3. The van der Waals surface area contributed by atoms with E-state index in [2.05, 4.69) is 21.2 Å². The van der Waals surface area contributed by atoms with E-state index in [1.165, 1.54) is 4.90 Å². The van der Waals surface area contributed by atoms with E-state index in [-0.39, 0.29) is 25.0 Å². The van der Waals surface area contributed by atoms with Crippen molar-refractivity contribution in [2.75, 3.05) is 6.61 Å². The predicted octanol–water partition coefficient (Wildman–Crippen LogP) is 4.81. The summed E-state index contributed by atoms with van der Waals surface area (Å²) in [5.41, 5.74) is 0.439. The second kappa shape index (κ2) is 10.1. The highest BCUT2D eigenvalue weighted by Gasteiger charge is 2.28. The van der Waals surface area contributed by atoms with Crippen molar-refractivity contribution in [3.8, 4) is 5.75 Å². The van der Waals surface area contributed by atoms with Gasteiger partial charge in [0.1, 0.15) is 11.8 Å². The number of nitrogens with one attached hydrogen (secondary N) is 1. The van der Waals surface area contributed by atoms with Crippen LogP contribution in [0.4, 0.5) is 0 Å². The van der Waals surface area contributed by atoms with Gasteiger partial charge in [-0.05, 0) is 69.7 Å². The van der Waals surface area contributed by atoms with E-state index in [9.17, 15) is 9.59 Å². The zero-order chi connectivity index (χ0) is 21.6. The van der Waals surface area contributed by atoms with E-state index in [0.29, 0.717) is 10.8 Å². The predicted molar refractivity (Wildman–Crippen MR) is 119 cm³/mol. The number of amides is 2. The van der Waals surface area contributed by atoms with Gasteiger partial charge in [0.25, 0.3) is 5.91 Å². The molecule has 0 aliphatic heterocycles. The van der Waals surface area contributed by atoms with E-state index < -0.39 is 11.6 Å². The minimum Gasteiger partial charge on any atom is -0.484 e. The second-order valence-electron chi connectivity index (χ2n) is 7.81. The van der Waals surface area contributed by atoms with Gasteiger partial charge < -0.3 is 15.0 Å². The molecule has 1 N–H and O–H groups in total. The molecule has 0 aromatic heterocycles. The molecule has 156 valence electrons. The smallest absolute Gasteiger partial charge is 0.261 e. The van der Waals surface area contributed by atoms with Crippen molar-refractivity contribution in [1.82, 2.24) is 10.2 Å². The van der Waals surface area contributed by atoms with E-state index in [4.69, 9.17) is 16.3 Å². The third-order valence-corrected chi connectivity index (χ3v) is 4.85. The van der Waals surface area contributed by atoms with Crippen LogP contribution in [0.5, 0.6) is 5.75 Å². The van der Waals surface area contributed by atoms with Crippen molar-refractivity contribution in [2.24, 2.45) is 0 Å². The lowest BCUT2D eigenvalue weighted by molar-refractivity contribution is -0.142. The molecule has 0 saturated heterocycles. The summed E-state index contributed by atoms with van der Waals surface area (Å²) in [5.74, 6) is 0.0667. The minimum atomic E-state index is -0.672. The van der Waals surface area contributed by atoms with Crippen LogP contribution in [0.2, 0.25) is 5.02 Å². The molecule has 2 rings (SSSR count). The van der Waals surface area contributed by atoms with Gasteiger partial charge in [-0.15, -0.1) is 0 Å². The maximum absolute atomic E-state index is 13.0. The van der Waals surface area contributed by atoms with Gasteiger partial charge in [0.05, 0.1) is 0 Å². The molecule has 0 fully saturated rings. The van der Waals surface area contributed by atoms with Gasteiger partial charge in [-0.25, -0.2) is 0 Å². The molecule has 0 aliphatic carbocycles. The van der Waals surface area contributed by atoms with Crippen LogP contribution in [0, 0.1) is 0 Å². The first kappa shape index (κ1) is 23.2. The maximum atomic E-state index is 13.0. The molecule has 0 bridgehead atoms. The highest BCUT2D eigenvalue weighted by molar-refractivity contribution is 9.10. The Hall–Kier alpha value is -2.05. The summed E-state index contributed by atoms with van der Waals surface area (Å²) in [5, 5.41) is 3.50. The SMILES string of the molecule is CC(C(=O)NC(C)(C)C)N(Cc1cccc(Cl)c1)C(=O)COc1ccc(Br)cc1. The van der Waals surface area contributed by atoms with Crippen LogP contribution in [-0.4, -0.2) is 34.9 Å². The van der Waals surface area contributed by atoms with Gasteiger partial charge in [-0.2, -0.15) is 0 Å². The highest BCUT2D eigenvalue weighted by atomic mass is 79.9. The summed E-state index contributed by atoms with van der Waals surface area (Å²) in [7, 11) is 0. The molecule has 0 saturated carbocycles. The average molecular weight is 482 g/mol. The molecule has 0 heterocycles. The molecule has 2 aromatic carbocycles. The van der Waals surface area contributed by atoms with Crippen molar-refractivity contribution in [3.63, 3.8) is 0 Å². The topological polar surface area (TPSA) is 58.6 Å². The Labute approximate surface area is 185 Å². The normalized spacial score (nSPS) is 12.2. The van der Waals surface area contributed by atoms with Gasteiger partial charge in [-0.3, -0.25) is 9.59 Å². The molecule has 0 aliphatic rings. The third kappa shape index (κ3) is 7.71. The number of carbonyl (C=O) groups is 2. The Morgan fingerprint density at radius 3 is 2.41 bits per heavy atom. The zero-order valence-corrected chi connectivity index (χ0v) is 19.4. The van der Waals surface area contributed by atoms with Crippen LogP contribution in [0.25, 0.3) is 0 Å². The number of benzene rings is 2. The van der Waals surface area contributed by atoms with Gasteiger partial charge in [0.15, 0.2) is 6.61 Å². The van der Waals surface area contributed by atoms with Crippen molar-refractivity contribution in [1.29, 1.82) is 0 Å². The molecule has 29 heavy (non-hydrogen) atoms. The molecule has 7 heteroatoms. The molecule has 0 spiro atoms. The Morgan fingerprint density at radius 1 is 1.17 bits per heavy atom.